The summed E-state index contributed by atoms with van der Waals surface area (Å²) >= 11 is 0. The highest BCUT2D eigenvalue weighted by atomic mass is 15.0. The van der Waals surface area contributed by atoms with Crippen molar-refractivity contribution in [3.8, 4) is 97.1 Å². The standard InChI is InChI=1S/C66H38N8/c67-39-42-14-11-17-44(34-42)52-32-30-48(37-62(52)73-58-26-7-3-22-54(58)55-23-4-8-27-59(55)73)65-70-64(47-20-13-19-46(36-47)51-21-2-1-16-50(51)41-69)71-66(72-65)49-31-33-53(45-18-12-15-43(35-45)40-68)63(38-49)74-60-28-9-5-24-56(60)57-25-6-10-29-61(57)74/h1-38H. The summed E-state index contributed by atoms with van der Waals surface area (Å²) in [4.78, 5) is 16.0. The van der Waals surface area contributed by atoms with Gasteiger partial charge in [-0.3, -0.25) is 0 Å². The van der Waals surface area contributed by atoms with Gasteiger partial charge in [0.15, 0.2) is 17.5 Å². The van der Waals surface area contributed by atoms with E-state index in [-0.39, 0.29) is 0 Å². The molecule has 0 saturated carbocycles. The average Bonchev–Trinajstić information content (AvgIpc) is 4.03. The summed E-state index contributed by atoms with van der Waals surface area (Å²) in [5.74, 6) is 1.36. The van der Waals surface area contributed by atoms with Gasteiger partial charge in [0.25, 0.3) is 0 Å². The third-order valence-electron chi connectivity index (χ3n) is 13.9. The largest absolute Gasteiger partial charge is 0.309 e. The van der Waals surface area contributed by atoms with Crippen molar-refractivity contribution < 1.29 is 0 Å². The van der Waals surface area contributed by atoms with Crippen molar-refractivity contribution in [3.63, 3.8) is 0 Å². The summed E-state index contributed by atoms with van der Waals surface area (Å²) in [5, 5.41) is 34.7. The number of aromatic nitrogens is 5. The maximum absolute atomic E-state index is 10.1. The predicted molar refractivity (Wildman–Crippen MR) is 295 cm³/mol. The molecule has 10 aromatic carbocycles. The topological polar surface area (TPSA) is 120 Å². The molecule has 342 valence electrons. The first-order valence-corrected chi connectivity index (χ1v) is 24.2. The number of fused-ring (bicyclic) bond motifs is 6. The molecular weight excluding hydrogens is 905 g/mol. The minimum atomic E-state index is 0.453. The molecule has 3 heterocycles. The van der Waals surface area contributed by atoms with Gasteiger partial charge in [-0.05, 0) is 95.1 Å². The molecule has 13 aromatic rings. The third-order valence-corrected chi connectivity index (χ3v) is 13.9. The van der Waals surface area contributed by atoms with E-state index < -0.39 is 0 Å². The molecule has 0 radical (unpaired) electrons. The number of hydrogen-bond acceptors (Lipinski definition) is 6. The van der Waals surface area contributed by atoms with Crippen LogP contribution in [0.5, 0.6) is 0 Å². The van der Waals surface area contributed by atoms with Crippen molar-refractivity contribution >= 4 is 43.6 Å². The highest BCUT2D eigenvalue weighted by Gasteiger charge is 2.22. The second-order valence-corrected chi connectivity index (χ2v) is 18.1. The SMILES string of the molecule is N#Cc1cccc(-c2ccc(-c3nc(-c4cccc(-c5ccccc5C#N)c4)nc(-c4ccc(-c5cccc(C#N)c5)c(-n5c6ccccc6c6ccccc65)c4)n3)cc2-n2c3ccccc3c3ccccc32)c1. The third kappa shape index (κ3) is 7.33. The second kappa shape index (κ2) is 17.9. The van der Waals surface area contributed by atoms with E-state index in [0.29, 0.717) is 34.2 Å². The molecule has 0 amide bonds. The number of rotatable bonds is 8. The molecule has 0 aliphatic heterocycles. The lowest BCUT2D eigenvalue weighted by Crippen LogP contribution is -2.03. The Balaban J connectivity index is 1.08. The highest BCUT2D eigenvalue weighted by Crippen LogP contribution is 2.41. The summed E-state index contributed by atoms with van der Waals surface area (Å²) in [6.07, 6.45) is 0. The van der Waals surface area contributed by atoms with E-state index in [2.05, 4.69) is 149 Å². The van der Waals surface area contributed by atoms with E-state index >= 15 is 0 Å². The normalized spacial score (nSPS) is 11.2. The van der Waals surface area contributed by atoms with E-state index in [1.165, 1.54) is 0 Å². The summed E-state index contributed by atoms with van der Waals surface area (Å²) < 4.78 is 4.58. The predicted octanol–water partition coefficient (Wildman–Crippen LogP) is 15.7. The number of nitrogens with zero attached hydrogens (tertiary/aromatic N) is 8. The number of hydrogen-bond donors (Lipinski definition) is 0. The smallest absolute Gasteiger partial charge is 0.164 e. The molecule has 0 fully saturated rings. The van der Waals surface area contributed by atoms with Gasteiger partial charge < -0.3 is 9.13 Å². The van der Waals surface area contributed by atoms with Gasteiger partial charge in [-0.1, -0.05) is 158 Å². The van der Waals surface area contributed by atoms with Crippen LogP contribution in [-0.4, -0.2) is 24.1 Å². The van der Waals surface area contributed by atoms with E-state index in [1.807, 2.05) is 109 Å². The van der Waals surface area contributed by atoms with Crippen molar-refractivity contribution in [1.82, 2.24) is 24.1 Å². The monoisotopic (exact) mass is 942 g/mol. The maximum atomic E-state index is 10.1. The van der Waals surface area contributed by atoms with Crippen molar-refractivity contribution in [2.75, 3.05) is 0 Å². The zero-order valence-corrected chi connectivity index (χ0v) is 39.5. The van der Waals surface area contributed by atoms with Gasteiger partial charge in [0, 0.05) is 49.4 Å². The van der Waals surface area contributed by atoms with Crippen LogP contribution in [0.1, 0.15) is 16.7 Å². The van der Waals surface area contributed by atoms with E-state index in [0.717, 1.165) is 105 Å². The molecule has 13 rings (SSSR count). The molecule has 0 aliphatic carbocycles. The first kappa shape index (κ1) is 43.3. The van der Waals surface area contributed by atoms with Crippen molar-refractivity contribution in [3.05, 3.63) is 247 Å². The summed E-state index contributed by atoms with van der Waals surface area (Å²) in [5.41, 5.74) is 15.2. The lowest BCUT2D eigenvalue weighted by molar-refractivity contribution is 1.07. The molecule has 0 atom stereocenters. The summed E-state index contributed by atoms with van der Waals surface area (Å²) in [6.45, 7) is 0. The van der Waals surface area contributed by atoms with E-state index in [1.54, 1.807) is 0 Å². The molecular formula is C66H38N8. The number of nitriles is 3. The minimum absolute atomic E-state index is 0.453. The van der Waals surface area contributed by atoms with Crippen molar-refractivity contribution in [2.45, 2.75) is 0 Å². The van der Waals surface area contributed by atoms with Gasteiger partial charge >= 0.3 is 0 Å². The van der Waals surface area contributed by atoms with Crippen LogP contribution in [0, 0.1) is 34.0 Å². The zero-order valence-electron chi connectivity index (χ0n) is 39.5. The molecule has 8 nitrogen and oxygen atoms in total. The molecule has 8 heteroatoms. The molecule has 0 saturated heterocycles. The number of benzene rings is 10. The molecule has 0 spiro atoms. The Morgan fingerprint density at radius 3 is 1.08 bits per heavy atom. The van der Waals surface area contributed by atoms with Crippen LogP contribution in [-0.2, 0) is 0 Å². The van der Waals surface area contributed by atoms with Crippen LogP contribution in [0.2, 0.25) is 0 Å². The molecule has 0 bridgehead atoms. The highest BCUT2D eigenvalue weighted by molar-refractivity contribution is 6.11. The Kier molecular flexibility index (Phi) is 10.5. The van der Waals surface area contributed by atoms with Crippen molar-refractivity contribution in [1.29, 1.82) is 15.8 Å². The van der Waals surface area contributed by atoms with Crippen LogP contribution < -0.4 is 0 Å². The van der Waals surface area contributed by atoms with Gasteiger partial charge in [0.1, 0.15) is 0 Å². The molecule has 0 N–H and O–H groups in total. The fourth-order valence-corrected chi connectivity index (χ4v) is 10.5. The molecule has 0 unspecified atom stereocenters. The summed E-state index contributed by atoms with van der Waals surface area (Å²) in [6, 6.07) is 84.3. The Labute approximate surface area is 425 Å². The molecule has 3 aromatic heterocycles. The fraction of sp³-hybridized carbons (Fsp3) is 0. The van der Waals surface area contributed by atoms with Gasteiger partial charge in [-0.15, -0.1) is 0 Å². The Morgan fingerprint density at radius 1 is 0.284 bits per heavy atom. The van der Waals surface area contributed by atoms with Gasteiger partial charge in [-0.25, -0.2) is 15.0 Å². The summed E-state index contributed by atoms with van der Waals surface area (Å²) in [7, 11) is 0. The van der Waals surface area contributed by atoms with Crippen LogP contribution in [0.25, 0.3) is 123 Å². The van der Waals surface area contributed by atoms with Crippen molar-refractivity contribution in [2.24, 2.45) is 0 Å². The van der Waals surface area contributed by atoms with Gasteiger partial charge in [0.2, 0.25) is 0 Å². The Morgan fingerprint density at radius 2 is 0.649 bits per heavy atom. The second-order valence-electron chi connectivity index (χ2n) is 18.1. The average molecular weight is 943 g/mol. The van der Waals surface area contributed by atoms with Gasteiger partial charge in [0.05, 0.1) is 68.3 Å². The Hall–Kier alpha value is -10.7. The zero-order chi connectivity index (χ0) is 49.7. The van der Waals surface area contributed by atoms with E-state index in [9.17, 15) is 15.8 Å². The number of para-hydroxylation sites is 4. The quantitative estimate of drug-likeness (QED) is 0.150. The maximum Gasteiger partial charge on any atom is 0.164 e. The lowest BCUT2D eigenvalue weighted by atomic mass is 9.98. The minimum Gasteiger partial charge on any atom is -0.309 e. The van der Waals surface area contributed by atoms with Crippen LogP contribution >= 0.6 is 0 Å². The fourth-order valence-electron chi connectivity index (χ4n) is 10.5. The lowest BCUT2D eigenvalue weighted by Gasteiger charge is -2.17. The first-order valence-electron chi connectivity index (χ1n) is 24.2. The van der Waals surface area contributed by atoms with Crippen LogP contribution in [0.3, 0.4) is 0 Å². The molecule has 0 aliphatic rings. The first-order chi connectivity index (χ1) is 36.5. The van der Waals surface area contributed by atoms with Crippen LogP contribution in [0.4, 0.5) is 0 Å². The van der Waals surface area contributed by atoms with Crippen LogP contribution in [0.15, 0.2) is 231 Å². The Bertz CT molecular complexity index is 4210. The molecule has 74 heavy (non-hydrogen) atoms. The van der Waals surface area contributed by atoms with E-state index in [4.69, 9.17) is 15.0 Å². The van der Waals surface area contributed by atoms with Gasteiger partial charge in [-0.2, -0.15) is 15.8 Å².